The fourth-order valence-electron chi connectivity index (χ4n) is 2.72. The Bertz CT molecular complexity index is 862. The molecule has 25 heavy (non-hydrogen) atoms. The molecule has 0 spiro atoms. The molecule has 0 saturated heterocycles. The number of thiazole rings is 1. The number of aromatic nitrogens is 4. The van der Waals surface area contributed by atoms with Crippen molar-refractivity contribution < 1.29 is 0 Å². The molecule has 1 aromatic carbocycles. The second-order valence-electron chi connectivity index (χ2n) is 6.65. The Hall–Kier alpha value is -1.86. The molecule has 2 aromatic heterocycles. The molecular formula is C18H21N5S2. The van der Waals surface area contributed by atoms with Gasteiger partial charge < -0.3 is 5.73 Å². The standard InChI is InChI=1S/C18H21N5S2/c1-11(2)12-3-5-13(6-4-12)16-20-14(9-24-16)10-25-18-22-21-17(19)23(18)15-7-8-15/h3-6,9,11,15H,7-8,10H2,1-2H3,(H2,19,21). The summed E-state index contributed by atoms with van der Waals surface area (Å²) in [5.74, 6) is 1.86. The van der Waals surface area contributed by atoms with Gasteiger partial charge in [-0.3, -0.25) is 4.57 Å². The van der Waals surface area contributed by atoms with Crippen LogP contribution in [0, 0.1) is 0 Å². The van der Waals surface area contributed by atoms with Crippen molar-refractivity contribution >= 4 is 29.0 Å². The number of anilines is 1. The number of nitrogen functional groups attached to an aromatic ring is 1. The predicted octanol–water partition coefficient (Wildman–Crippen LogP) is 4.73. The minimum atomic E-state index is 0.489. The van der Waals surface area contributed by atoms with Gasteiger partial charge in [0, 0.05) is 22.7 Å². The van der Waals surface area contributed by atoms with Crippen LogP contribution in [0.1, 0.15) is 49.9 Å². The lowest BCUT2D eigenvalue weighted by atomic mass is 10.0. The van der Waals surface area contributed by atoms with Gasteiger partial charge in [0.2, 0.25) is 5.95 Å². The Balaban J connectivity index is 1.45. The summed E-state index contributed by atoms with van der Waals surface area (Å²) in [6, 6.07) is 9.20. The van der Waals surface area contributed by atoms with Crippen molar-refractivity contribution in [3.63, 3.8) is 0 Å². The average molecular weight is 372 g/mol. The molecule has 1 fully saturated rings. The second kappa shape index (κ2) is 6.80. The van der Waals surface area contributed by atoms with E-state index in [-0.39, 0.29) is 0 Å². The summed E-state index contributed by atoms with van der Waals surface area (Å²) in [6.45, 7) is 4.42. The van der Waals surface area contributed by atoms with Crippen LogP contribution in [0.15, 0.2) is 34.8 Å². The molecule has 1 saturated carbocycles. The monoisotopic (exact) mass is 371 g/mol. The number of hydrogen-bond donors (Lipinski definition) is 1. The molecule has 1 aliphatic rings. The SMILES string of the molecule is CC(C)c1ccc(-c2nc(CSc3nnc(N)n3C3CC3)cs2)cc1. The number of thioether (sulfide) groups is 1. The van der Waals surface area contributed by atoms with Gasteiger partial charge in [0.1, 0.15) is 5.01 Å². The Kier molecular flexibility index (Phi) is 4.52. The zero-order chi connectivity index (χ0) is 17.4. The first-order chi connectivity index (χ1) is 12.1. The van der Waals surface area contributed by atoms with Crippen LogP contribution < -0.4 is 5.73 Å². The van der Waals surface area contributed by atoms with Crippen LogP contribution in [0.2, 0.25) is 0 Å². The van der Waals surface area contributed by atoms with Crippen LogP contribution in [0.4, 0.5) is 5.95 Å². The van der Waals surface area contributed by atoms with Gasteiger partial charge in [-0.1, -0.05) is 49.9 Å². The smallest absolute Gasteiger partial charge is 0.222 e. The van der Waals surface area contributed by atoms with Gasteiger partial charge in [-0.2, -0.15) is 0 Å². The van der Waals surface area contributed by atoms with Crippen LogP contribution >= 0.6 is 23.1 Å². The van der Waals surface area contributed by atoms with Crippen molar-refractivity contribution in [3.8, 4) is 10.6 Å². The predicted molar refractivity (Wildman–Crippen MR) is 104 cm³/mol. The summed E-state index contributed by atoms with van der Waals surface area (Å²) in [5.41, 5.74) is 9.53. The number of benzene rings is 1. The topological polar surface area (TPSA) is 69.6 Å². The average Bonchev–Trinajstić information content (AvgIpc) is 3.21. The molecule has 2 N–H and O–H groups in total. The maximum absolute atomic E-state index is 5.93. The third kappa shape index (κ3) is 3.57. The number of nitrogens with zero attached hydrogens (tertiary/aromatic N) is 4. The molecule has 0 amide bonds. The summed E-state index contributed by atoms with van der Waals surface area (Å²) >= 11 is 3.35. The quantitative estimate of drug-likeness (QED) is 0.634. The summed E-state index contributed by atoms with van der Waals surface area (Å²) in [7, 11) is 0. The number of hydrogen-bond acceptors (Lipinski definition) is 6. The molecule has 2 heterocycles. The Morgan fingerprint density at radius 2 is 2.00 bits per heavy atom. The minimum Gasteiger partial charge on any atom is -0.368 e. The fraction of sp³-hybridized carbons (Fsp3) is 0.389. The normalized spacial score (nSPS) is 14.4. The molecule has 1 aliphatic carbocycles. The molecule has 0 radical (unpaired) electrons. The van der Waals surface area contributed by atoms with Crippen LogP contribution in [0.5, 0.6) is 0 Å². The Labute approximate surface area is 155 Å². The van der Waals surface area contributed by atoms with Crippen molar-refractivity contribution in [2.45, 2.75) is 49.6 Å². The van der Waals surface area contributed by atoms with E-state index in [0.29, 0.717) is 17.9 Å². The molecule has 4 rings (SSSR count). The summed E-state index contributed by atoms with van der Waals surface area (Å²) in [6.07, 6.45) is 2.34. The summed E-state index contributed by atoms with van der Waals surface area (Å²) in [4.78, 5) is 4.78. The third-order valence-corrected chi connectivity index (χ3v) is 6.24. The van der Waals surface area contributed by atoms with E-state index in [9.17, 15) is 0 Å². The van der Waals surface area contributed by atoms with Gasteiger partial charge in [-0.25, -0.2) is 4.98 Å². The van der Waals surface area contributed by atoms with E-state index in [1.165, 1.54) is 24.0 Å². The van der Waals surface area contributed by atoms with Crippen molar-refractivity contribution in [2.75, 3.05) is 5.73 Å². The Morgan fingerprint density at radius 3 is 2.68 bits per heavy atom. The van der Waals surface area contributed by atoms with E-state index in [1.54, 1.807) is 23.1 Å². The molecule has 0 bridgehead atoms. The van der Waals surface area contributed by atoms with E-state index in [1.807, 2.05) is 0 Å². The van der Waals surface area contributed by atoms with Crippen molar-refractivity contribution in [2.24, 2.45) is 0 Å². The molecule has 7 heteroatoms. The Morgan fingerprint density at radius 1 is 1.24 bits per heavy atom. The second-order valence-corrected chi connectivity index (χ2v) is 8.45. The van der Waals surface area contributed by atoms with Gasteiger partial charge >= 0.3 is 0 Å². The van der Waals surface area contributed by atoms with E-state index in [0.717, 1.165) is 21.6 Å². The van der Waals surface area contributed by atoms with Crippen LogP contribution in [-0.4, -0.2) is 19.7 Å². The maximum Gasteiger partial charge on any atom is 0.222 e. The van der Waals surface area contributed by atoms with E-state index < -0.39 is 0 Å². The van der Waals surface area contributed by atoms with Crippen molar-refractivity contribution in [1.82, 2.24) is 19.7 Å². The first-order valence-electron chi connectivity index (χ1n) is 8.49. The van der Waals surface area contributed by atoms with Crippen LogP contribution in [0.3, 0.4) is 0 Å². The highest BCUT2D eigenvalue weighted by molar-refractivity contribution is 7.98. The van der Waals surface area contributed by atoms with Crippen LogP contribution in [0.25, 0.3) is 10.6 Å². The first kappa shape index (κ1) is 16.6. The lowest BCUT2D eigenvalue weighted by Gasteiger charge is -2.05. The zero-order valence-corrected chi connectivity index (χ0v) is 16.0. The largest absolute Gasteiger partial charge is 0.368 e. The lowest BCUT2D eigenvalue weighted by molar-refractivity contribution is 0.671. The number of nitrogens with two attached hydrogens (primary N) is 1. The third-order valence-electron chi connectivity index (χ3n) is 4.33. The van der Waals surface area contributed by atoms with E-state index in [2.05, 4.69) is 58.3 Å². The van der Waals surface area contributed by atoms with Gasteiger partial charge in [-0.15, -0.1) is 21.5 Å². The highest BCUT2D eigenvalue weighted by Gasteiger charge is 2.28. The minimum absolute atomic E-state index is 0.489. The zero-order valence-electron chi connectivity index (χ0n) is 14.3. The van der Waals surface area contributed by atoms with Gasteiger partial charge in [0.25, 0.3) is 0 Å². The lowest BCUT2D eigenvalue weighted by Crippen LogP contribution is -2.02. The van der Waals surface area contributed by atoms with Crippen LogP contribution in [-0.2, 0) is 5.75 Å². The highest BCUT2D eigenvalue weighted by Crippen LogP contribution is 2.40. The molecular weight excluding hydrogens is 350 g/mol. The molecule has 130 valence electrons. The van der Waals surface area contributed by atoms with Crippen molar-refractivity contribution in [1.29, 1.82) is 0 Å². The van der Waals surface area contributed by atoms with Gasteiger partial charge in [-0.05, 0) is 24.3 Å². The van der Waals surface area contributed by atoms with Crippen molar-refractivity contribution in [3.05, 3.63) is 40.9 Å². The molecule has 0 unspecified atom stereocenters. The summed E-state index contributed by atoms with van der Waals surface area (Å²) < 4.78 is 2.06. The highest BCUT2D eigenvalue weighted by atomic mass is 32.2. The molecule has 5 nitrogen and oxygen atoms in total. The van der Waals surface area contributed by atoms with Gasteiger partial charge in [0.15, 0.2) is 5.16 Å². The first-order valence-corrected chi connectivity index (χ1v) is 10.4. The number of rotatable bonds is 6. The van der Waals surface area contributed by atoms with E-state index in [4.69, 9.17) is 10.7 Å². The van der Waals surface area contributed by atoms with E-state index >= 15 is 0 Å². The fourth-order valence-corrected chi connectivity index (χ4v) is 4.55. The molecule has 0 atom stereocenters. The maximum atomic E-state index is 5.93. The summed E-state index contributed by atoms with van der Waals surface area (Å²) in [5, 5.41) is 12.3. The molecule has 0 aliphatic heterocycles. The molecule has 3 aromatic rings. The van der Waals surface area contributed by atoms with Gasteiger partial charge in [0.05, 0.1) is 5.69 Å².